The van der Waals surface area contributed by atoms with Crippen LogP contribution in [0.2, 0.25) is 0 Å². The Bertz CT molecular complexity index is 667. The lowest BCUT2D eigenvalue weighted by Gasteiger charge is -2.10. The van der Waals surface area contributed by atoms with Gasteiger partial charge in [0, 0.05) is 24.1 Å². The second kappa shape index (κ2) is 9.47. The summed E-state index contributed by atoms with van der Waals surface area (Å²) in [6, 6.07) is 10.4. The average Bonchev–Trinajstić information content (AvgIpc) is 3.03. The first-order valence-corrected chi connectivity index (χ1v) is 9.02. The van der Waals surface area contributed by atoms with Crippen LogP contribution >= 0.6 is 15.9 Å². The van der Waals surface area contributed by atoms with Gasteiger partial charge in [-0.3, -0.25) is 4.99 Å². The van der Waals surface area contributed by atoms with E-state index in [0.29, 0.717) is 12.5 Å². The molecule has 130 valence electrons. The van der Waals surface area contributed by atoms with Crippen LogP contribution in [-0.2, 0) is 13.0 Å². The van der Waals surface area contributed by atoms with Crippen LogP contribution in [0.5, 0.6) is 0 Å². The minimum Gasteiger partial charge on any atom is -0.359 e. The topological polar surface area (TPSA) is 62.5 Å². The molecule has 1 aromatic heterocycles. The van der Waals surface area contributed by atoms with Gasteiger partial charge in [0.15, 0.2) is 11.7 Å². The first-order valence-electron chi connectivity index (χ1n) is 8.23. The average molecular weight is 393 g/mol. The molecule has 0 saturated heterocycles. The Morgan fingerprint density at radius 3 is 2.79 bits per heavy atom. The van der Waals surface area contributed by atoms with Gasteiger partial charge in [0.25, 0.3) is 0 Å². The Morgan fingerprint density at radius 2 is 2.12 bits per heavy atom. The van der Waals surface area contributed by atoms with E-state index in [4.69, 9.17) is 4.52 Å². The van der Waals surface area contributed by atoms with E-state index in [1.165, 1.54) is 5.56 Å². The van der Waals surface area contributed by atoms with Crippen molar-refractivity contribution in [1.29, 1.82) is 0 Å². The number of aromatic nitrogens is 1. The monoisotopic (exact) mass is 392 g/mol. The molecular weight excluding hydrogens is 368 g/mol. The largest absolute Gasteiger partial charge is 0.359 e. The fourth-order valence-electron chi connectivity index (χ4n) is 2.27. The highest BCUT2D eigenvalue weighted by atomic mass is 79.9. The summed E-state index contributed by atoms with van der Waals surface area (Å²) in [5, 5.41) is 10.6. The molecule has 0 aliphatic heterocycles. The molecule has 24 heavy (non-hydrogen) atoms. The number of rotatable bonds is 7. The molecule has 5 nitrogen and oxygen atoms in total. The number of hydrogen-bond donors (Lipinski definition) is 2. The molecule has 0 saturated carbocycles. The van der Waals surface area contributed by atoms with Crippen molar-refractivity contribution in [3.63, 3.8) is 0 Å². The molecule has 2 rings (SSSR count). The van der Waals surface area contributed by atoms with Crippen LogP contribution in [0.4, 0.5) is 0 Å². The highest BCUT2D eigenvalue weighted by molar-refractivity contribution is 9.10. The van der Waals surface area contributed by atoms with E-state index < -0.39 is 0 Å². The predicted octanol–water partition coefficient (Wildman–Crippen LogP) is 3.86. The van der Waals surface area contributed by atoms with Crippen molar-refractivity contribution < 1.29 is 4.52 Å². The van der Waals surface area contributed by atoms with Crippen LogP contribution in [-0.4, -0.2) is 24.7 Å². The number of hydrogen-bond acceptors (Lipinski definition) is 3. The van der Waals surface area contributed by atoms with Gasteiger partial charge in [-0.1, -0.05) is 47.1 Å². The molecule has 2 N–H and O–H groups in total. The van der Waals surface area contributed by atoms with Crippen LogP contribution in [0.3, 0.4) is 0 Å². The number of guanidine groups is 1. The molecule has 6 heteroatoms. The van der Waals surface area contributed by atoms with Crippen molar-refractivity contribution in [3.8, 4) is 0 Å². The Hall–Kier alpha value is -1.82. The summed E-state index contributed by atoms with van der Waals surface area (Å²) in [5.74, 6) is 1.96. The lowest BCUT2D eigenvalue weighted by atomic mass is 10.1. The Morgan fingerprint density at radius 1 is 1.29 bits per heavy atom. The lowest BCUT2D eigenvalue weighted by Crippen LogP contribution is -2.37. The minimum absolute atomic E-state index is 0.373. The van der Waals surface area contributed by atoms with E-state index in [2.05, 4.69) is 68.8 Å². The van der Waals surface area contributed by atoms with Crippen molar-refractivity contribution in [1.82, 2.24) is 15.8 Å². The molecular formula is C18H25BrN4O. The summed E-state index contributed by atoms with van der Waals surface area (Å²) < 4.78 is 6.44. The highest BCUT2D eigenvalue weighted by Gasteiger charge is 2.08. The third-order valence-corrected chi connectivity index (χ3v) is 4.14. The van der Waals surface area contributed by atoms with Gasteiger partial charge in [0.05, 0.1) is 12.2 Å². The van der Waals surface area contributed by atoms with Gasteiger partial charge in [-0.15, -0.1) is 0 Å². The first-order chi connectivity index (χ1) is 11.6. The standard InChI is InChI=1S/C18H25BrN4O/c1-13(2)17-11-16(24-23-17)12-22-18(20-3)21-9-5-7-14-6-4-8-15(19)10-14/h4,6,8,10-11,13H,5,7,9,12H2,1-3H3,(H2,20,21,22). The smallest absolute Gasteiger partial charge is 0.191 e. The van der Waals surface area contributed by atoms with E-state index in [0.717, 1.165) is 41.3 Å². The summed E-state index contributed by atoms with van der Waals surface area (Å²) in [5.41, 5.74) is 2.31. The van der Waals surface area contributed by atoms with Gasteiger partial charge in [0.2, 0.25) is 0 Å². The maximum Gasteiger partial charge on any atom is 0.191 e. The second-order valence-electron chi connectivity index (χ2n) is 5.96. The summed E-state index contributed by atoms with van der Waals surface area (Å²) >= 11 is 3.50. The second-order valence-corrected chi connectivity index (χ2v) is 6.87. The predicted molar refractivity (Wildman–Crippen MR) is 101 cm³/mol. The molecule has 2 aromatic rings. The zero-order valence-corrected chi connectivity index (χ0v) is 16.1. The zero-order valence-electron chi connectivity index (χ0n) is 14.5. The van der Waals surface area contributed by atoms with Crippen molar-refractivity contribution in [2.24, 2.45) is 4.99 Å². The van der Waals surface area contributed by atoms with Gasteiger partial charge in [-0.2, -0.15) is 0 Å². The summed E-state index contributed by atoms with van der Waals surface area (Å²) in [7, 11) is 1.77. The zero-order chi connectivity index (χ0) is 17.4. The molecule has 0 unspecified atom stereocenters. The summed E-state index contributed by atoms with van der Waals surface area (Å²) in [6.45, 7) is 5.63. The Balaban J connectivity index is 1.70. The van der Waals surface area contributed by atoms with Crippen LogP contribution in [0.25, 0.3) is 0 Å². The number of nitrogens with one attached hydrogen (secondary N) is 2. The number of nitrogens with zero attached hydrogens (tertiary/aromatic N) is 2. The molecule has 0 aliphatic carbocycles. The number of halogens is 1. The fraction of sp³-hybridized carbons (Fsp3) is 0.444. The quantitative estimate of drug-likeness (QED) is 0.426. The summed E-state index contributed by atoms with van der Waals surface area (Å²) in [6.07, 6.45) is 2.07. The Labute approximate surface area is 152 Å². The van der Waals surface area contributed by atoms with E-state index in [-0.39, 0.29) is 0 Å². The van der Waals surface area contributed by atoms with E-state index in [1.807, 2.05) is 12.1 Å². The van der Waals surface area contributed by atoms with E-state index in [1.54, 1.807) is 7.05 Å². The van der Waals surface area contributed by atoms with Gasteiger partial charge in [0.1, 0.15) is 0 Å². The molecule has 1 aromatic carbocycles. The van der Waals surface area contributed by atoms with Crippen LogP contribution in [0, 0.1) is 0 Å². The van der Waals surface area contributed by atoms with Gasteiger partial charge in [-0.25, -0.2) is 0 Å². The Kier molecular flexibility index (Phi) is 7.31. The number of aliphatic imine (C=N–C) groups is 1. The third-order valence-electron chi connectivity index (χ3n) is 3.65. The third kappa shape index (κ3) is 6.00. The van der Waals surface area contributed by atoms with Crippen LogP contribution in [0.15, 0.2) is 44.3 Å². The summed E-state index contributed by atoms with van der Waals surface area (Å²) in [4.78, 5) is 4.23. The van der Waals surface area contributed by atoms with Crippen molar-refractivity contribution in [2.75, 3.05) is 13.6 Å². The number of aryl methyl sites for hydroxylation is 1. The van der Waals surface area contributed by atoms with Crippen molar-refractivity contribution in [2.45, 2.75) is 39.2 Å². The van der Waals surface area contributed by atoms with Crippen LogP contribution in [0.1, 0.15) is 43.2 Å². The first kappa shape index (κ1) is 18.5. The molecule has 0 radical (unpaired) electrons. The molecule has 0 atom stereocenters. The van der Waals surface area contributed by atoms with E-state index >= 15 is 0 Å². The molecule has 0 aliphatic rings. The SMILES string of the molecule is CN=C(NCCCc1cccc(Br)c1)NCc1cc(C(C)C)no1. The maximum absolute atomic E-state index is 5.32. The van der Waals surface area contributed by atoms with Crippen molar-refractivity contribution in [3.05, 3.63) is 51.8 Å². The molecule has 0 amide bonds. The van der Waals surface area contributed by atoms with Gasteiger partial charge in [-0.05, 0) is 36.5 Å². The normalized spacial score (nSPS) is 11.8. The lowest BCUT2D eigenvalue weighted by molar-refractivity contribution is 0.372. The van der Waals surface area contributed by atoms with E-state index in [9.17, 15) is 0 Å². The molecule has 1 heterocycles. The highest BCUT2D eigenvalue weighted by Crippen LogP contribution is 2.14. The molecule has 0 fully saturated rings. The number of benzene rings is 1. The fourth-order valence-corrected chi connectivity index (χ4v) is 2.71. The molecule has 0 bridgehead atoms. The molecule has 0 spiro atoms. The van der Waals surface area contributed by atoms with Crippen molar-refractivity contribution >= 4 is 21.9 Å². The van der Waals surface area contributed by atoms with Crippen LogP contribution < -0.4 is 10.6 Å². The minimum atomic E-state index is 0.373. The van der Waals surface area contributed by atoms with Gasteiger partial charge >= 0.3 is 0 Å². The van der Waals surface area contributed by atoms with Gasteiger partial charge < -0.3 is 15.2 Å². The maximum atomic E-state index is 5.32.